The summed E-state index contributed by atoms with van der Waals surface area (Å²) in [4.78, 5) is 0. The van der Waals surface area contributed by atoms with Gasteiger partial charge in [-0.3, -0.25) is 0 Å². The number of anilines is 1. The fourth-order valence-corrected chi connectivity index (χ4v) is 3.42. The quantitative estimate of drug-likeness (QED) is 0.848. The third-order valence-corrected chi connectivity index (χ3v) is 4.87. The maximum absolute atomic E-state index is 6.29. The number of nitrogens with two attached hydrogens (primary N) is 1. The predicted molar refractivity (Wildman–Crippen MR) is 84.4 cm³/mol. The molecule has 0 saturated heterocycles. The number of aromatic nitrogens is 4. The molecule has 2 aromatic rings. The Morgan fingerprint density at radius 1 is 1.33 bits per heavy atom. The van der Waals surface area contributed by atoms with E-state index in [1.165, 1.54) is 0 Å². The Labute approximate surface area is 133 Å². The molecule has 1 heterocycles. The molecule has 1 atom stereocenters. The minimum Gasteiger partial charge on any atom is -0.399 e. The van der Waals surface area contributed by atoms with Crippen LogP contribution in [0.2, 0.25) is 10.0 Å². The molecule has 7 heteroatoms. The molecule has 1 aliphatic carbocycles. The molecule has 0 radical (unpaired) electrons. The van der Waals surface area contributed by atoms with Gasteiger partial charge in [0, 0.05) is 11.3 Å². The first-order valence-corrected chi connectivity index (χ1v) is 7.66. The molecule has 21 heavy (non-hydrogen) atoms. The first-order chi connectivity index (χ1) is 9.87. The number of benzene rings is 1. The highest BCUT2D eigenvalue weighted by Gasteiger charge is 2.34. The summed E-state index contributed by atoms with van der Waals surface area (Å²) >= 11 is 12.4. The van der Waals surface area contributed by atoms with E-state index in [0.29, 0.717) is 32.5 Å². The van der Waals surface area contributed by atoms with Gasteiger partial charge in [-0.1, -0.05) is 37.0 Å². The number of hydrogen-bond donors (Lipinski definition) is 1. The van der Waals surface area contributed by atoms with Crippen LogP contribution in [-0.2, 0) is 0 Å². The zero-order valence-corrected chi connectivity index (χ0v) is 13.5. The van der Waals surface area contributed by atoms with Gasteiger partial charge in [0.15, 0.2) is 5.82 Å². The van der Waals surface area contributed by atoms with Crippen molar-refractivity contribution in [1.82, 2.24) is 20.2 Å². The van der Waals surface area contributed by atoms with Crippen LogP contribution in [0.5, 0.6) is 0 Å². The lowest BCUT2D eigenvalue weighted by molar-refractivity contribution is 0.349. The van der Waals surface area contributed by atoms with E-state index in [-0.39, 0.29) is 6.04 Å². The topological polar surface area (TPSA) is 69.6 Å². The summed E-state index contributed by atoms with van der Waals surface area (Å²) in [5.74, 6) is 0.622. The molecule has 1 aromatic heterocycles. The van der Waals surface area contributed by atoms with Gasteiger partial charge in [-0.15, -0.1) is 5.10 Å². The zero-order chi connectivity index (χ0) is 15.2. The minimum atomic E-state index is 0.279. The van der Waals surface area contributed by atoms with Crippen molar-refractivity contribution in [3.63, 3.8) is 0 Å². The van der Waals surface area contributed by atoms with E-state index in [9.17, 15) is 0 Å². The summed E-state index contributed by atoms with van der Waals surface area (Å²) in [6, 6.07) is 3.66. The van der Waals surface area contributed by atoms with Gasteiger partial charge in [0.25, 0.3) is 0 Å². The van der Waals surface area contributed by atoms with Gasteiger partial charge >= 0.3 is 0 Å². The lowest BCUT2D eigenvalue weighted by Gasteiger charge is -2.18. The van der Waals surface area contributed by atoms with Crippen molar-refractivity contribution in [2.24, 2.45) is 5.41 Å². The van der Waals surface area contributed by atoms with Crippen LogP contribution in [-0.4, -0.2) is 20.2 Å². The Bertz CT molecular complexity index is 680. The van der Waals surface area contributed by atoms with Crippen molar-refractivity contribution < 1.29 is 0 Å². The molecule has 0 bridgehead atoms. The molecule has 0 aliphatic heterocycles. The fraction of sp³-hybridized carbons (Fsp3) is 0.500. The predicted octanol–water partition coefficient (Wildman–Crippen LogP) is 3.98. The molecule has 1 fully saturated rings. The number of tetrazole rings is 1. The SMILES string of the molecule is CC1(C)CCC(n2nnnc2-c2cc(N)cc(Cl)c2Cl)C1. The highest BCUT2D eigenvalue weighted by atomic mass is 35.5. The van der Waals surface area contributed by atoms with Crippen LogP contribution < -0.4 is 5.73 Å². The molecule has 0 amide bonds. The van der Waals surface area contributed by atoms with Crippen molar-refractivity contribution in [2.75, 3.05) is 5.73 Å². The Morgan fingerprint density at radius 3 is 2.76 bits per heavy atom. The van der Waals surface area contributed by atoms with Crippen LogP contribution in [0.15, 0.2) is 12.1 Å². The summed E-state index contributed by atoms with van der Waals surface area (Å²) in [5.41, 5.74) is 7.39. The summed E-state index contributed by atoms with van der Waals surface area (Å²) in [5, 5.41) is 12.9. The van der Waals surface area contributed by atoms with Crippen LogP contribution in [0.1, 0.15) is 39.2 Å². The van der Waals surface area contributed by atoms with Crippen molar-refractivity contribution in [2.45, 2.75) is 39.2 Å². The first-order valence-electron chi connectivity index (χ1n) is 6.90. The fourth-order valence-electron chi connectivity index (χ4n) is 3.00. The van der Waals surface area contributed by atoms with Gasteiger partial charge in [-0.25, -0.2) is 4.68 Å². The van der Waals surface area contributed by atoms with E-state index in [1.807, 2.05) is 4.68 Å². The number of rotatable bonds is 2. The van der Waals surface area contributed by atoms with Crippen molar-refractivity contribution >= 4 is 28.9 Å². The molecular weight excluding hydrogens is 309 g/mol. The lowest BCUT2D eigenvalue weighted by Crippen LogP contribution is -2.12. The van der Waals surface area contributed by atoms with Crippen molar-refractivity contribution in [1.29, 1.82) is 0 Å². The lowest BCUT2D eigenvalue weighted by atomic mass is 9.92. The highest BCUT2D eigenvalue weighted by molar-refractivity contribution is 6.43. The van der Waals surface area contributed by atoms with Gasteiger partial charge < -0.3 is 5.73 Å². The molecule has 2 N–H and O–H groups in total. The van der Waals surface area contributed by atoms with Gasteiger partial charge in [-0.05, 0) is 47.2 Å². The third-order valence-electron chi connectivity index (χ3n) is 4.07. The van der Waals surface area contributed by atoms with Crippen LogP contribution in [0, 0.1) is 5.41 Å². The molecule has 1 aromatic carbocycles. The Hall–Kier alpha value is -1.33. The van der Waals surface area contributed by atoms with Crippen LogP contribution in [0.3, 0.4) is 0 Å². The van der Waals surface area contributed by atoms with Gasteiger partial charge in [0.1, 0.15) is 0 Å². The van der Waals surface area contributed by atoms with Crippen LogP contribution in [0.25, 0.3) is 11.4 Å². The van der Waals surface area contributed by atoms with Gasteiger partial charge in [0.05, 0.1) is 16.1 Å². The van der Waals surface area contributed by atoms with E-state index in [4.69, 9.17) is 28.9 Å². The van der Waals surface area contributed by atoms with E-state index in [0.717, 1.165) is 19.3 Å². The van der Waals surface area contributed by atoms with Crippen molar-refractivity contribution in [3.05, 3.63) is 22.2 Å². The number of halogens is 2. The number of nitrogens with zero attached hydrogens (tertiary/aromatic N) is 4. The van der Waals surface area contributed by atoms with Gasteiger partial charge in [0.2, 0.25) is 0 Å². The highest BCUT2D eigenvalue weighted by Crippen LogP contribution is 2.45. The maximum Gasteiger partial charge on any atom is 0.183 e. The summed E-state index contributed by atoms with van der Waals surface area (Å²) in [6.07, 6.45) is 3.25. The second kappa shape index (κ2) is 5.14. The largest absolute Gasteiger partial charge is 0.399 e. The van der Waals surface area contributed by atoms with E-state index in [2.05, 4.69) is 29.4 Å². The normalized spacial score (nSPS) is 20.9. The molecule has 0 spiro atoms. The van der Waals surface area contributed by atoms with Crippen LogP contribution >= 0.6 is 23.2 Å². The molecule has 3 rings (SSSR count). The third kappa shape index (κ3) is 2.72. The zero-order valence-electron chi connectivity index (χ0n) is 12.0. The van der Waals surface area contributed by atoms with E-state index < -0.39 is 0 Å². The van der Waals surface area contributed by atoms with Gasteiger partial charge in [-0.2, -0.15) is 0 Å². The summed E-state index contributed by atoms with van der Waals surface area (Å²) < 4.78 is 1.85. The molecule has 5 nitrogen and oxygen atoms in total. The molecular formula is C14H17Cl2N5. The molecule has 1 saturated carbocycles. The summed E-state index contributed by atoms with van der Waals surface area (Å²) in [6.45, 7) is 4.53. The second-order valence-electron chi connectivity index (χ2n) is 6.37. The Morgan fingerprint density at radius 2 is 2.10 bits per heavy atom. The number of nitrogen functional groups attached to an aromatic ring is 1. The van der Waals surface area contributed by atoms with Crippen molar-refractivity contribution in [3.8, 4) is 11.4 Å². The Kier molecular flexibility index (Phi) is 3.58. The summed E-state index contributed by atoms with van der Waals surface area (Å²) in [7, 11) is 0. The molecule has 1 unspecified atom stereocenters. The average molecular weight is 326 g/mol. The molecule has 1 aliphatic rings. The number of hydrogen-bond acceptors (Lipinski definition) is 4. The van der Waals surface area contributed by atoms with Crippen LogP contribution in [0.4, 0.5) is 5.69 Å². The van der Waals surface area contributed by atoms with E-state index >= 15 is 0 Å². The van der Waals surface area contributed by atoms with E-state index in [1.54, 1.807) is 12.1 Å². The molecule has 112 valence electrons. The standard InChI is InChI=1S/C14H17Cl2N5/c1-14(2)4-3-9(7-14)21-13(18-19-20-21)10-5-8(17)6-11(15)12(10)16/h5-6,9H,3-4,7,17H2,1-2H3. The second-order valence-corrected chi connectivity index (χ2v) is 7.16. The monoisotopic (exact) mass is 325 g/mol. The smallest absolute Gasteiger partial charge is 0.183 e. The average Bonchev–Trinajstić information content (AvgIpc) is 2.99. The first kappa shape index (κ1) is 14.6. The Balaban J connectivity index is 2.04. The maximum atomic E-state index is 6.29. The minimum absolute atomic E-state index is 0.279.